The Labute approximate surface area is 128 Å². The van der Waals surface area contributed by atoms with Crippen LogP contribution in [-0.2, 0) is 17.5 Å². The highest BCUT2D eigenvalue weighted by molar-refractivity contribution is 5.76. The van der Waals surface area contributed by atoms with Crippen molar-refractivity contribution in [2.75, 3.05) is 13.6 Å². The van der Waals surface area contributed by atoms with Crippen molar-refractivity contribution >= 4 is 5.91 Å². The molecule has 0 saturated carbocycles. The molecule has 0 aliphatic rings. The largest absolute Gasteiger partial charge is 0.491 e. The Balaban J connectivity index is 2.87. The summed E-state index contributed by atoms with van der Waals surface area (Å²) in [6.07, 6.45) is -4.50. The topological polar surface area (TPSA) is 50.4 Å². The highest BCUT2D eigenvalue weighted by atomic mass is 19.4. The maximum atomic E-state index is 13.1. The zero-order valence-corrected chi connectivity index (χ0v) is 12.9. The molecule has 2 N–H and O–H groups in total. The molecule has 0 aliphatic heterocycles. The third kappa shape index (κ3) is 5.93. The van der Waals surface area contributed by atoms with E-state index in [9.17, 15) is 18.0 Å². The van der Waals surface area contributed by atoms with E-state index in [1.807, 2.05) is 0 Å². The highest BCUT2D eigenvalue weighted by Gasteiger charge is 2.33. The van der Waals surface area contributed by atoms with Crippen LogP contribution < -0.4 is 15.4 Å². The lowest BCUT2D eigenvalue weighted by molar-refractivity contribution is -0.138. The second kappa shape index (κ2) is 8.03. The predicted octanol–water partition coefficient (Wildman–Crippen LogP) is 2.72. The smallest absolute Gasteiger partial charge is 0.416 e. The molecule has 1 aromatic carbocycles. The Morgan fingerprint density at radius 1 is 1.32 bits per heavy atom. The van der Waals surface area contributed by atoms with Gasteiger partial charge in [0.05, 0.1) is 11.7 Å². The number of carbonyl (C=O) groups excluding carboxylic acids is 1. The van der Waals surface area contributed by atoms with Crippen molar-refractivity contribution in [1.29, 1.82) is 0 Å². The molecule has 0 bridgehead atoms. The van der Waals surface area contributed by atoms with Gasteiger partial charge in [-0.1, -0.05) is 6.07 Å². The van der Waals surface area contributed by atoms with Crippen LogP contribution in [0.25, 0.3) is 0 Å². The number of hydrogen-bond acceptors (Lipinski definition) is 3. The molecule has 0 saturated heterocycles. The van der Waals surface area contributed by atoms with Crippen LogP contribution >= 0.6 is 0 Å². The van der Waals surface area contributed by atoms with E-state index < -0.39 is 11.7 Å². The van der Waals surface area contributed by atoms with Crippen LogP contribution in [0.4, 0.5) is 13.2 Å². The molecule has 4 nitrogen and oxygen atoms in total. The maximum Gasteiger partial charge on any atom is 0.416 e. The monoisotopic (exact) mass is 318 g/mol. The van der Waals surface area contributed by atoms with Gasteiger partial charge in [-0.05, 0) is 38.6 Å². The molecule has 1 aromatic rings. The standard InChI is InChI=1S/C15H21F3N2O2/c1-10(2)22-12-5-4-11(13(8-12)15(16,17)18)9-20-14(21)6-7-19-3/h4-5,8,10,19H,6-7,9H2,1-3H3,(H,20,21). The Hall–Kier alpha value is -1.76. The molecule has 22 heavy (non-hydrogen) atoms. The summed E-state index contributed by atoms with van der Waals surface area (Å²) in [5.74, 6) is -0.141. The number of benzene rings is 1. The van der Waals surface area contributed by atoms with Crippen molar-refractivity contribution in [3.8, 4) is 5.75 Å². The van der Waals surface area contributed by atoms with Gasteiger partial charge in [0.25, 0.3) is 0 Å². The first-order valence-electron chi connectivity index (χ1n) is 7.02. The van der Waals surface area contributed by atoms with Crippen molar-refractivity contribution in [3.63, 3.8) is 0 Å². The van der Waals surface area contributed by atoms with Gasteiger partial charge in [0.15, 0.2) is 0 Å². The van der Waals surface area contributed by atoms with Crippen molar-refractivity contribution < 1.29 is 22.7 Å². The summed E-state index contributed by atoms with van der Waals surface area (Å²) in [5.41, 5.74) is -0.777. The van der Waals surface area contributed by atoms with Crippen LogP contribution in [0.1, 0.15) is 31.4 Å². The van der Waals surface area contributed by atoms with Gasteiger partial charge in [-0.15, -0.1) is 0 Å². The molecule has 0 radical (unpaired) electrons. The fraction of sp³-hybridized carbons (Fsp3) is 0.533. The molecule has 0 fully saturated rings. The fourth-order valence-corrected chi connectivity index (χ4v) is 1.84. The van der Waals surface area contributed by atoms with E-state index in [0.717, 1.165) is 6.07 Å². The van der Waals surface area contributed by atoms with Crippen LogP contribution in [0.5, 0.6) is 5.75 Å². The molecule has 1 rings (SSSR count). The van der Waals surface area contributed by atoms with E-state index in [2.05, 4.69) is 10.6 Å². The summed E-state index contributed by atoms with van der Waals surface area (Å²) in [5, 5.41) is 5.29. The maximum absolute atomic E-state index is 13.1. The third-order valence-corrected chi connectivity index (χ3v) is 2.84. The minimum atomic E-state index is -4.50. The highest BCUT2D eigenvalue weighted by Crippen LogP contribution is 2.34. The molecule has 7 heteroatoms. The normalized spacial score (nSPS) is 11.6. The summed E-state index contributed by atoms with van der Waals surface area (Å²) in [6, 6.07) is 3.78. The van der Waals surface area contributed by atoms with Crippen molar-refractivity contribution in [3.05, 3.63) is 29.3 Å². The van der Waals surface area contributed by atoms with Crippen LogP contribution in [0.3, 0.4) is 0 Å². The third-order valence-electron chi connectivity index (χ3n) is 2.84. The minimum absolute atomic E-state index is 0.0152. The van der Waals surface area contributed by atoms with Gasteiger partial charge in [-0.3, -0.25) is 4.79 Å². The van der Waals surface area contributed by atoms with Crippen LogP contribution in [0.15, 0.2) is 18.2 Å². The predicted molar refractivity (Wildman–Crippen MR) is 77.6 cm³/mol. The second-order valence-corrected chi connectivity index (χ2v) is 5.11. The van der Waals surface area contributed by atoms with E-state index in [1.165, 1.54) is 12.1 Å². The average Bonchev–Trinajstić information content (AvgIpc) is 2.42. The van der Waals surface area contributed by atoms with Gasteiger partial charge in [0.1, 0.15) is 5.75 Å². The molecular weight excluding hydrogens is 297 g/mol. The lowest BCUT2D eigenvalue weighted by Crippen LogP contribution is -2.27. The number of rotatable bonds is 7. The Bertz CT molecular complexity index is 502. The molecule has 0 heterocycles. The number of amides is 1. The fourth-order valence-electron chi connectivity index (χ4n) is 1.84. The first kappa shape index (κ1) is 18.3. The zero-order chi connectivity index (χ0) is 16.8. The van der Waals surface area contributed by atoms with Gasteiger partial charge in [0.2, 0.25) is 5.91 Å². The van der Waals surface area contributed by atoms with Gasteiger partial charge in [0, 0.05) is 19.5 Å². The number of carbonyl (C=O) groups is 1. The Kier molecular flexibility index (Phi) is 6.67. The van der Waals surface area contributed by atoms with E-state index in [1.54, 1.807) is 20.9 Å². The van der Waals surface area contributed by atoms with Crippen LogP contribution in [0, 0.1) is 0 Å². The summed E-state index contributed by atoms with van der Waals surface area (Å²) in [6.45, 7) is 3.78. The number of alkyl halides is 3. The van der Waals surface area contributed by atoms with Crippen molar-refractivity contribution in [1.82, 2.24) is 10.6 Å². The van der Waals surface area contributed by atoms with Crippen molar-refractivity contribution in [2.45, 2.75) is 39.1 Å². The quantitative estimate of drug-likeness (QED) is 0.813. The van der Waals surface area contributed by atoms with Gasteiger partial charge in [-0.25, -0.2) is 0 Å². The molecule has 0 spiro atoms. The molecule has 0 aromatic heterocycles. The molecule has 124 valence electrons. The number of halogens is 3. The first-order valence-corrected chi connectivity index (χ1v) is 7.02. The molecule has 0 unspecified atom stereocenters. The molecule has 1 amide bonds. The molecule has 0 aliphatic carbocycles. The summed E-state index contributed by atoms with van der Waals surface area (Å²) >= 11 is 0. The summed E-state index contributed by atoms with van der Waals surface area (Å²) in [7, 11) is 1.70. The second-order valence-electron chi connectivity index (χ2n) is 5.11. The van der Waals surface area contributed by atoms with Gasteiger partial charge in [-0.2, -0.15) is 13.2 Å². The zero-order valence-electron chi connectivity index (χ0n) is 12.9. The Morgan fingerprint density at radius 2 is 2.00 bits per heavy atom. The van der Waals surface area contributed by atoms with Crippen LogP contribution in [-0.4, -0.2) is 25.6 Å². The van der Waals surface area contributed by atoms with E-state index in [4.69, 9.17) is 4.74 Å². The SMILES string of the molecule is CNCCC(=O)NCc1ccc(OC(C)C)cc1C(F)(F)F. The number of hydrogen-bond donors (Lipinski definition) is 2. The van der Waals surface area contributed by atoms with Crippen LogP contribution in [0.2, 0.25) is 0 Å². The Morgan fingerprint density at radius 3 is 2.55 bits per heavy atom. The summed E-state index contributed by atoms with van der Waals surface area (Å²) in [4.78, 5) is 11.5. The number of ether oxygens (including phenoxy) is 1. The first-order chi connectivity index (χ1) is 10.2. The van der Waals surface area contributed by atoms with E-state index in [0.29, 0.717) is 6.54 Å². The lowest BCUT2D eigenvalue weighted by atomic mass is 10.1. The van der Waals surface area contributed by atoms with Crippen molar-refractivity contribution in [2.24, 2.45) is 0 Å². The molecular formula is C15H21F3N2O2. The van der Waals surface area contributed by atoms with Gasteiger partial charge >= 0.3 is 6.18 Å². The average molecular weight is 318 g/mol. The number of nitrogens with one attached hydrogen (secondary N) is 2. The van der Waals surface area contributed by atoms with Gasteiger partial charge < -0.3 is 15.4 Å². The van der Waals surface area contributed by atoms with E-state index >= 15 is 0 Å². The lowest BCUT2D eigenvalue weighted by Gasteiger charge is -2.17. The minimum Gasteiger partial charge on any atom is -0.491 e. The van der Waals surface area contributed by atoms with E-state index in [-0.39, 0.29) is 36.3 Å². The summed E-state index contributed by atoms with van der Waals surface area (Å²) < 4.78 is 44.6. The molecule has 0 atom stereocenters.